The van der Waals surface area contributed by atoms with Crippen LogP contribution in [0.4, 0.5) is 0 Å². The van der Waals surface area contributed by atoms with E-state index in [1.54, 1.807) is 7.05 Å². The lowest BCUT2D eigenvalue weighted by Crippen LogP contribution is -2.38. The molecule has 9 heteroatoms. The number of nitrogens with one attached hydrogen (secondary N) is 2. The van der Waals surface area contributed by atoms with Crippen molar-refractivity contribution in [3.63, 3.8) is 0 Å². The third-order valence-corrected chi connectivity index (χ3v) is 3.96. The standard InChI is InChI=1S/C17H24ClN5O2.HI/c1-5-24-12(3)16-22-15(25-23-16)10-20-17(19-4)21-11(2)13-8-6-7-9-14(13)18;/h6-9,11-12H,5,10H2,1-4H3,(H2,19,20,21);1H. The molecule has 0 amide bonds. The van der Waals surface area contributed by atoms with Gasteiger partial charge in [0.05, 0.1) is 12.6 Å². The minimum absolute atomic E-state index is 0. The normalized spacial score (nSPS) is 13.7. The molecule has 0 aliphatic heterocycles. The van der Waals surface area contributed by atoms with Gasteiger partial charge in [-0.2, -0.15) is 4.98 Å². The Morgan fingerprint density at radius 1 is 1.35 bits per heavy atom. The average Bonchev–Trinajstić information content (AvgIpc) is 3.08. The van der Waals surface area contributed by atoms with Crippen molar-refractivity contribution in [2.45, 2.75) is 39.5 Å². The van der Waals surface area contributed by atoms with Gasteiger partial charge in [-0.05, 0) is 32.4 Å². The summed E-state index contributed by atoms with van der Waals surface area (Å²) in [6, 6.07) is 7.70. The third kappa shape index (κ3) is 6.40. The van der Waals surface area contributed by atoms with E-state index in [-0.39, 0.29) is 36.1 Å². The number of benzene rings is 1. The number of aromatic nitrogens is 2. The lowest BCUT2D eigenvalue weighted by Gasteiger charge is -2.18. The Bertz CT molecular complexity index is 710. The summed E-state index contributed by atoms with van der Waals surface area (Å²) in [7, 11) is 1.70. The Balaban J connectivity index is 0.00000338. The SMILES string of the molecule is CCOC(C)c1noc(CNC(=NC)NC(C)c2ccccc2Cl)n1.I. The van der Waals surface area contributed by atoms with Crippen LogP contribution >= 0.6 is 35.6 Å². The number of ether oxygens (including phenoxy) is 1. The number of aliphatic imine (C=N–C) groups is 1. The Morgan fingerprint density at radius 2 is 2.08 bits per heavy atom. The molecule has 2 aromatic rings. The van der Waals surface area contributed by atoms with Gasteiger partial charge in [-0.3, -0.25) is 4.99 Å². The van der Waals surface area contributed by atoms with Crippen LogP contribution in [-0.2, 0) is 11.3 Å². The predicted octanol–water partition coefficient (Wildman–Crippen LogP) is 3.86. The first-order chi connectivity index (χ1) is 12.0. The molecular weight excluding hydrogens is 469 g/mol. The van der Waals surface area contributed by atoms with Crippen molar-refractivity contribution in [1.29, 1.82) is 0 Å². The summed E-state index contributed by atoms with van der Waals surface area (Å²) in [5.41, 5.74) is 0.998. The molecule has 2 rings (SSSR count). The fraction of sp³-hybridized carbons (Fsp3) is 0.471. The van der Waals surface area contributed by atoms with Crippen LogP contribution in [0.1, 0.15) is 50.2 Å². The van der Waals surface area contributed by atoms with E-state index in [9.17, 15) is 0 Å². The van der Waals surface area contributed by atoms with Crippen molar-refractivity contribution >= 4 is 41.5 Å². The van der Waals surface area contributed by atoms with Crippen LogP contribution in [-0.4, -0.2) is 29.8 Å². The topological polar surface area (TPSA) is 84.6 Å². The van der Waals surface area contributed by atoms with Crippen molar-refractivity contribution in [3.8, 4) is 0 Å². The molecular formula is C17H25ClIN5O2. The Labute approximate surface area is 176 Å². The Morgan fingerprint density at radius 3 is 2.73 bits per heavy atom. The third-order valence-electron chi connectivity index (χ3n) is 3.62. The van der Waals surface area contributed by atoms with Crippen LogP contribution in [0.3, 0.4) is 0 Å². The molecule has 0 bridgehead atoms. The van der Waals surface area contributed by atoms with Gasteiger partial charge in [0.2, 0.25) is 5.89 Å². The lowest BCUT2D eigenvalue weighted by molar-refractivity contribution is 0.0683. The van der Waals surface area contributed by atoms with Crippen LogP contribution in [0.2, 0.25) is 5.02 Å². The second kappa shape index (κ2) is 11.3. The molecule has 2 unspecified atom stereocenters. The van der Waals surface area contributed by atoms with Gasteiger partial charge >= 0.3 is 0 Å². The van der Waals surface area contributed by atoms with E-state index in [2.05, 4.69) is 25.8 Å². The molecule has 0 saturated heterocycles. The maximum atomic E-state index is 6.23. The highest BCUT2D eigenvalue weighted by molar-refractivity contribution is 14.0. The number of nitrogens with zero attached hydrogens (tertiary/aromatic N) is 3. The molecule has 1 heterocycles. The zero-order chi connectivity index (χ0) is 18.2. The van der Waals surface area contributed by atoms with E-state index in [1.165, 1.54) is 0 Å². The fourth-order valence-electron chi connectivity index (χ4n) is 2.29. The van der Waals surface area contributed by atoms with Crippen LogP contribution in [0, 0.1) is 0 Å². The molecule has 2 N–H and O–H groups in total. The molecule has 0 aliphatic rings. The van der Waals surface area contributed by atoms with Gasteiger partial charge < -0.3 is 19.9 Å². The molecule has 0 saturated carbocycles. The monoisotopic (exact) mass is 493 g/mol. The molecule has 0 spiro atoms. The molecule has 1 aromatic heterocycles. The van der Waals surface area contributed by atoms with E-state index in [1.807, 2.05) is 45.0 Å². The highest BCUT2D eigenvalue weighted by atomic mass is 127. The zero-order valence-electron chi connectivity index (χ0n) is 15.3. The van der Waals surface area contributed by atoms with E-state index in [0.29, 0.717) is 35.8 Å². The molecule has 0 fully saturated rings. The van der Waals surface area contributed by atoms with E-state index < -0.39 is 0 Å². The second-order valence-electron chi connectivity index (χ2n) is 5.46. The summed E-state index contributed by atoms with van der Waals surface area (Å²) in [6.07, 6.45) is -0.194. The first kappa shape index (κ1) is 22.7. The number of hydrogen-bond acceptors (Lipinski definition) is 5. The van der Waals surface area contributed by atoms with Crippen molar-refractivity contribution in [1.82, 2.24) is 20.8 Å². The number of halogens is 2. The van der Waals surface area contributed by atoms with Gasteiger partial charge in [-0.15, -0.1) is 24.0 Å². The fourth-order valence-corrected chi connectivity index (χ4v) is 2.59. The maximum absolute atomic E-state index is 6.23. The van der Waals surface area contributed by atoms with E-state index in [4.69, 9.17) is 20.9 Å². The maximum Gasteiger partial charge on any atom is 0.246 e. The highest BCUT2D eigenvalue weighted by Crippen LogP contribution is 2.21. The number of rotatable bonds is 7. The molecule has 2 atom stereocenters. The smallest absolute Gasteiger partial charge is 0.246 e. The molecule has 7 nitrogen and oxygen atoms in total. The van der Waals surface area contributed by atoms with Gasteiger partial charge in [0.15, 0.2) is 11.8 Å². The van der Waals surface area contributed by atoms with Crippen LogP contribution in [0.25, 0.3) is 0 Å². The van der Waals surface area contributed by atoms with Gasteiger partial charge in [-0.25, -0.2) is 0 Å². The van der Waals surface area contributed by atoms with Gasteiger partial charge in [0.25, 0.3) is 0 Å². The molecule has 0 radical (unpaired) electrons. The molecule has 1 aromatic carbocycles. The average molecular weight is 494 g/mol. The van der Waals surface area contributed by atoms with Gasteiger partial charge in [0, 0.05) is 18.7 Å². The van der Waals surface area contributed by atoms with Crippen molar-refractivity contribution in [2.75, 3.05) is 13.7 Å². The van der Waals surface area contributed by atoms with Crippen LogP contribution in [0.5, 0.6) is 0 Å². The first-order valence-corrected chi connectivity index (χ1v) is 8.58. The summed E-state index contributed by atoms with van der Waals surface area (Å²) >= 11 is 6.23. The van der Waals surface area contributed by atoms with Crippen molar-refractivity contribution in [3.05, 3.63) is 46.6 Å². The Kier molecular flexibility index (Phi) is 9.89. The van der Waals surface area contributed by atoms with Gasteiger partial charge in [0.1, 0.15) is 6.10 Å². The minimum atomic E-state index is -0.194. The molecule has 144 valence electrons. The largest absolute Gasteiger partial charge is 0.371 e. The minimum Gasteiger partial charge on any atom is -0.371 e. The van der Waals surface area contributed by atoms with E-state index in [0.717, 1.165) is 5.56 Å². The zero-order valence-corrected chi connectivity index (χ0v) is 18.4. The van der Waals surface area contributed by atoms with Crippen molar-refractivity contribution < 1.29 is 9.26 Å². The summed E-state index contributed by atoms with van der Waals surface area (Å²) in [6.45, 7) is 6.79. The Hall–Kier alpha value is -1.39. The van der Waals surface area contributed by atoms with Crippen LogP contribution in [0.15, 0.2) is 33.8 Å². The van der Waals surface area contributed by atoms with Gasteiger partial charge in [-0.1, -0.05) is 35.0 Å². The highest BCUT2D eigenvalue weighted by Gasteiger charge is 2.15. The summed E-state index contributed by atoms with van der Waals surface area (Å²) < 4.78 is 10.7. The summed E-state index contributed by atoms with van der Waals surface area (Å²) in [5, 5.41) is 11.1. The van der Waals surface area contributed by atoms with Crippen LogP contribution < -0.4 is 10.6 Å². The second-order valence-corrected chi connectivity index (χ2v) is 5.86. The number of hydrogen-bond donors (Lipinski definition) is 2. The predicted molar refractivity (Wildman–Crippen MR) is 113 cm³/mol. The summed E-state index contributed by atoms with van der Waals surface area (Å²) in [4.78, 5) is 8.52. The van der Waals surface area contributed by atoms with E-state index >= 15 is 0 Å². The quantitative estimate of drug-likeness (QED) is 0.346. The lowest BCUT2D eigenvalue weighted by atomic mass is 10.1. The first-order valence-electron chi connectivity index (χ1n) is 8.20. The number of guanidine groups is 1. The summed E-state index contributed by atoms with van der Waals surface area (Å²) in [5.74, 6) is 1.62. The molecule has 0 aliphatic carbocycles. The van der Waals surface area contributed by atoms with Crippen molar-refractivity contribution in [2.24, 2.45) is 4.99 Å². The molecule has 26 heavy (non-hydrogen) atoms.